The highest BCUT2D eigenvalue weighted by Gasteiger charge is 1.95. The smallest absolute Gasteiger partial charge is 0.326 e. The fourth-order valence-electron chi connectivity index (χ4n) is 1.38. The molecule has 0 aliphatic rings. The Morgan fingerprint density at radius 1 is 0.944 bits per heavy atom. The average molecular weight is 357 g/mol. The lowest BCUT2D eigenvalue weighted by Gasteiger charge is -2.10. The average Bonchev–Trinajstić information content (AvgIpc) is 2.30. The molecular weight excluding hydrogens is 337 g/mol. The highest BCUT2D eigenvalue weighted by molar-refractivity contribution is 5.43. The SMILES string of the molecule is CN(C)c1ccccc1.Cc1cc[o+]c(C)c1.[I-]. The van der Waals surface area contributed by atoms with E-state index in [4.69, 9.17) is 4.42 Å². The van der Waals surface area contributed by atoms with Crippen LogP contribution in [0, 0.1) is 13.8 Å². The molecule has 0 amide bonds. The molecule has 0 saturated heterocycles. The maximum atomic E-state index is 5.01. The lowest BCUT2D eigenvalue weighted by molar-refractivity contribution is -0.00000431. The first kappa shape index (κ1) is 16.9. The van der Waals surface area contributed by atoms with Crippen LogP contribution in [-0.2, 0) is 0 Å². The van der Waals surface area contributed by atoms with Crippen molar-refractivity contribution in [1.82, 2.24) is 0 Å². The van der Waals surface area contributed by atoms with Crippen LogP contribution in [0.25, 0.3) is 0 Å². The molecule has 2 aromatic rings. The summed E-state index contributed by atoms with van der Waals surface area (Å²) in [5.41, 5.74) is 2.49. The molecule has 1 aromatic heterocycles. The Morgan fingerprint density at radius 3 is 1.89 bits per heavy atom. The summed E-state index contributed by atoms with van der Waals surface area (Å²) < 4.78 is 5.01. The van der Waals surface area contributed by atoms with Crippen molar-refractivity contribution in [2.45, 2.75) is 13.8 Å². The van der Waals surface area contributed by atoms with E-state index in [1.54, 1.807) is 6.26 Å². The summed E-state index contributed by atoms with van der Waals surface area (Å²) in [6.45, 7) is 3.98. The van der Waals surface area contributed by atoms with Gasteiger partial charge in [0, 0.05) is 31.9 Å². The second-order valence-corrected chi connectivity index (χ2v) is 4.15. The minimum absolute atomic E-state index is 0. The van der Waals surface area contributed by atoms with Crippen LogP contribution in [-0.4, -0.2) is 14.1 Å². The first-order valence-corrected chi connectivity index (χ1v) is 5.67. The van der Waals surface area contributed by atoms with E-state index in [1.807, 2.05) is 58.3 Å². The third kappa shape index (κ3) is 6.59. The number of hydrogen-bond acceptors (Lipinski definition) is 1. The van der Waals surface area contributed by atoms with Crippen molar-refractivity contribution < 1.29 is 28.4 Å². The second kappa shape index (κ2) is 8.91. The molecule has 0 unspecified atom stereocenters. The molecule has 3 heteroatoms. The van der Waals surface area contributed by atoms with Gasteiger partial charge in [0.15, 0.2) is 0 Å². The fourth-order valence-corrected chi connectivity index (χ4v) is 1.38. The summed E-state index contributed by atoms with van der Waals surface area (Å²) in [5, 5.41) is 0. The van der Waals surface area contributed by atoms with Gasteiger partial charge in [0.25, 0.3) is 0 Å². The third-order valence-corrected chi connectivity index (χ3v) is 2.29. The van der Waals surface area contributed by atoms with Crippen molar-refractivity contribution >= 4 is 5.69 Å². The molecule has 0 spiro atoms. The van der Waals surface area contributed by atoms with Crippen LogP contribution in [0.3, 0.4) is 0 Å². The number of benzene rings is 1. The molecule has 0 N–H and O–H groups in total. The van der Waals surface area contributed by atoms with Crippen molar-refractivity contribution in [1.29, 1.82) is 0 Å². The highest BCUT2D eigenvalue weighted by atomic mass is 127. The Bertz CT molecular complexity index is 426. The lowest BCUT2D eigenvalue weighted by atomic mass is 10.3. The van der Waals surface area contributed by atoms with Crippen molar-refractivity contribution in [2.75, 3.05) is 19.0 Å². The van der Waals surface area contributed by atoms with Crippen LogP contribution in [0.2, 0.25) is 0 Å². The van der Waals surface area contributed by atoms with Crippen LogP contribution < -0.4 is 28.9 Å². The Balaban J connectivity index is 0.000000306. The summed E-state index contributed by atoms with van der Waals surface area (Å²) in [7, 11) is 4.07. The third-order valence-electron chi connectivity index (χ3n) is 2.29. The summed E-state index contributed by atoms with van der Waals surface area (Å²) >= 11 is 0. The fraction of sp³-hybridized carbons (Fsp3) is 0.267. The zero-order chi connectivity index (χ0) is 12.7. The minimum atomic E-state index is 0. The first-order chi connectivity index (χ1) is 8.09. The summed E-state index contributed by atoms with van der Waals surface area (Å²) in [6, 6.07) is 14.2. The van der Waals surface area contributed by atoms with Crippen molar-refractivity contribution in [3.63, 3.8) is 0 Å². The van der Waals surface area contributed by atoms with Crippen LogP contribution in [0.15, 0.2) is 53.1 Å². The molecule has 0 bridgehead atoms. The summed E-state index contributed by atoms with van der Waals surface area (Å²) in [4.78, 5) is 2.08. The van der Waals surface area contributed by atoms with Gasteiger partial charge in [-0.2, -0.15) is 0 Å². The van der Waals surface area contributed by atoms with Crippen LogP contribution in [0.1, 0.15) is 11.3 Å². The maximum Gasteiger partial charge on any atom is 0.326 e. The highest BCUT2D eigenvalue weighted by Crippen LogP contribution is 2.07. The molecule has 0 fully saturated rings. The van der Waals surface area contributed by atoms with Crippen molar-refractivity contribution in [3.8, 4) is 0 Å². The zero-order valence-corrected chi connectivity index (χ0v) is 13.5. The van der Waals surface area contributed by atoms with Crippen LogP contribution >= 0.6 is 0 Å². The van der Waals surface area contributed by atoms with Crippen LogP contribution in [0.5, 0.6) is 0 Å². The van der Waals surface area contributed by atoms with Gasteiger partial charge in [0.2, 0.25) is 0 Å². The lowest BCUT2D eigenvalue weighted by Crippen LogP contribution is -3.00. The normalized spacial score (nSPS) is 8.67. The van der Waals surface area contributed by atoms with Crippen molar-refractivity contribution in [3.05, 3.63) is 60.1 Å². The first-order valence-electron chi connectivity index (χ1n) is 5.67. The molecule has 98 valence electrons. The Morgan fingerprint density at radius 2 is 1.56 bits per heavy atom. The zero-order valence-electron chi connectivity index (χ0n) is 11.4. The summed E-state index contributed by atoms with van der Waals surface area (Å²) in [6.07, 6.45) is 1.70. The van der Waals surface area contributed by atoms with Gasteiger partial charge < -0.3 is 28.9 Å². The molecule has 1 aromatic carbocycles. The van der Waals surface area contributed by atoms with Crippen molar-refractivity contribution in [2.24, 2.45) is 0 Å². The van der Waals surface area contributed by atoms with E-state index in [-0.39, 0.29) is 24.0 Å². The molecular formula is C15H20INO. The Kier molecular flexibility index (Phi) is 8.37. The number of anilines is 1. The van der Waals surface area contributed by atoms with E-state index < -0.39 is 0 Å². The number of hydrogen-bond donors (Lipinski definition) is 0. The van der Waals surface area contributed by atoms with E-state index >= 15 is 0 Å². The largest absolute Gasteiger partial charge is 1.00 e. The number of rotatable bonds is 1. The van der Waals surface area contributed by atoms with E-state index in [0.29, 0.717) is 0 Å². The molecule has 0 radical (unpaired) electrons. The van der Waals surface area contributed by atoms with E-state index in [9.17, 15) is 0 Å². The second-order valence-electron chi connectivity index (χ2n) is 4.15. The van der Waals surface area contributed by atoms with Gasteiger partial charge in [0.1, 0.15) is 0 Å². The molecule has 0 aliphatic carbocycles. The van der Waals surface area contributed by atoms with E-state index in [1.165, 1.54) is 11.3 Å². The predicted molar refractivity (Wildman–Crippen MR) is 73.4 cm³/mol. The molecule has 2 nitrogen and oxygen atoms in total. The van der Waals surface area contributed by atoms with Gasteiger partial charge in [-0.3, -0.25) is 0 Å². The topological polar surface area (TPSA) is 14.5 Å². The predicted octanol–water partition coefficient (Wildman–Crippen LogP) is 0.934. The maximum absolute atomic E-state index is 5.01. The van der Waals surface area contributed by atoms with Gasteiger partial charge in [-0.1, -0.05) is 18.2 Å². The molecule has 2 rings (SSSR count). The van der Waals surface area contributed by atoms with Gasteiger partial charge in [-0.15, -0.1) is 0 Å². The number of aryl methyl sites for hydroxylation is 2. The number of nitrogens with zero attached hydrogens (tertiary/aromatic N) is 1. The molecule has 0 atom stereocenters. The quantitative estimate of drug-likeness (QED) is 0.557. The Labute approximate surface area is 127 Å². The summed E-state index contributed by atoms with van der Waals surface area (Å²) in [5.74, 6) is 0.963. The van der Waals surface area contributed by atoms with E-state index in [0.717, 1.165) is 5.76 Å². The number of halogens is 1. The minimum Gasteiger partial charge on any atom is -1.00 e. The van der Waals surface area contributed by atoms with Gasteiger partial charge >= 0.3 is 12.0 Å². The monoisotopic (exact) mass is 357 g/mol. The molecule has 18 heavy (non-hydrogen) atoms. The van der Waals surface area contributed by atoms with E-state index in [2.05, 4.69) is 17.0 Å². The van der Waals surface area contributed by atoms with Crippen LogP contribution in [0.4, 0.5) is 5.69 Å². The Hall–Kier alpha value is -1.10. The molecule has 0 saturated carbocycles. The molecule has 1 heterocycles. The van der Waals surface area contributed by atoms with Gasteiger partial charge in [-0.25, -0.2) is 4.42 Å². The molecule has 0 aliphatic heterocycles. The van der Waals surface area contributed by atoms with Gasteiger partial charge in [-0.05, 0) is 24.6 Å². The standard InChI is InChI=1S/C8H11N.C7H9O.HI/c1-9(2)8-6-4-3-5-7-8;1-6-3-4-8-7(2)5-6;/h3-7H,1-2H3;3-5H,1-2H3;1H/q;+1;/p-1. The van der Waals surface area contributed by atoms with Gasteiger partial charge in [0.05, 0.1) is 6.92 Å². The number of para-hydroxylation sites is 1.